The second-order valence-corrected chi connectivity index (χ2v) is 11.9. The lowest BCUT2D eigenvalue weighted by molar-refractivity contribution is -0.528. The Hall–Kier alpha value is -2.05. The van der Waals surface area contributed by atoms with Crippen molar-refractivity contribution in [3.05, 3.63) is 65.7 Å². The van der Waals surface area contributed by atoms with Gasteiger partial charge in [0, 0.05) is 27.7 Å². The van der Waals surface area contributed by atoms with Crippen LogP contribution in [-0.2, 0) is 16.0 Å². The fourth-order valence-corrected chi connectivity index (χ4v) is 5.65. The summed E-state index contributed by atoms with van der Waals surface area (Å²) in [6, 6.07) is 5.10. The fraction of sp³-hybridized carbons (Fsp3) is 0.391. The number of anilines is 1. The van der Waals surface area contributed by atoms with Crippen molar-refractivity contribution in [2.75, 3.05) is 18.1 Å². The van der Waals surface area contributed by atoms with E-state index in [9.17, 15) is 14.9 Å². The Kier molecular flexibility index (Phi) is 9.28. The van der Waals surface area contributed by atoms with E-state index in [-0.39, 0.29) is 11.5 Å². The van der Waals surface area contributed by atoms with Crippen LogP contribution in [0.15, 0.2) is 45.6 Å². The van der Waals surface area contributed by atoms with E-state index in [1.165, 1.54) is 11.3 Å². The largest absolute Gasteiger partial charge is 0.443 e. The summed E-state index contributed by atoms with van der Waals surface area (Å²) in [6.07, 6.45) is 0.0569. The Morgan fingerprint density at radius 2 is 2.20 bits per heavy atom. The highest BCUT2D eigenvalue weighted by Crippen LogP contribution is 2.38. The summed E-state index contributed by atoms with van der Waals surface area (Å²) in [5, 5.41) is 14.4. The molecule has 4 heterocycles. The maximum absolute atomic E-state index is 12.9. The molecular formula is C23H25BrClN3O5S2. The SMILES string of the molecule is C=C1COCC([N+](=O)[O-])C1.CC(C)(C)OC(=O)N(Cc1cccs1)c1cc(Cl)nc2c(Br)csc12. The maximum Gasteiger partial charge on any atom is 0.415 e. The van der Waals surface area contributed by atoms with Crippen LogP contribution < -0.4 is 4.90 Å². The molecule has 1 fully saturated rings. The van der Waals surface area contributed by atoms with Gasteiger partial charge in [0.2, 0.25) is 6.04 Å². The van der Waals surface area contributed by atoms with Crippen molar-refractivity contribution >= 4 is 72.2 Å². The first-order valence-electron chi connectivity index (χ1n) is 10.6. The summed E-state index contributed by atoms with van der Waals surface area (Å²) in [5.74, 6) is 0. The molecule has 1 aliphatic heterocycles. The number of carbonyl (C=O) groups excluding carboxylic acids is 1. The molecule has 1 saturated heterocycles. The van der Waals surface area contributed by atoms with Gasteiger partial charge in [-0.2, -0.15) is 0 Å². The molecule has 0 bridgehead atoms. The first kappa shape index (κ1) is 27.5. The van der Waals surface area contributed by atoms with Gasteiger partial charge < -0.3 is 9.47 Å². The van der Waals surface area contributed by atoms with Gasteiger partial charge in [0.1, 0.15) is 17.4 Å². The quantitative estimate of drug-likeness (QED) is 0.134. The molecule has 0 radical (unpaired) electrons. The molecule has 1 aliphatic rings. The molecule has 0 N–H and O–H groups in total. The Bertz CT molecular complexity index is 1210. The van der Waals surface area contributed by atoms with Crippen LogP contribution in [0.5, 0.6) is 0 Å². The molecule has 1 unspecified atom stereocenters. The number of hydrogen-bond donors (Lipinski definition) is 0. The molecule has 188 valence electrons. The predicted molar refractivity (Wildman–Crippen MR) is 144 cm³/mol. The number of amides is 1. The third kappa shape index (κ3) is 7.71. The van der Waals surface area contributed by atoms with E-state index >= 15 is 0 Å². The minimum absolute atomic E-state index is 0.228. The Labute approximate surface area is 224 Å². The number of hydrogen-bond acceptors (Lipinski definition) is 8. The standard InChI is InChI=1S/C17H16BrClN2O2S2.C6H9NO3/c1-17(2,3)23-16(22)21(8-10-5-4-6-24-10)12-7-13(19)20-14-11(18)9-25-15(12)14;1-5-2-6(7(8)9)4-10-3-5/h4-7,9H,8H2,1-3H3;6H,1-4H2. The molecule has 1 atom stereocenters. The van der Waals surface area contributed by atoms with Crippen LogP contribution in [0, 0.1) is 10.1 Å². The normalized spacial score (nSPS) is 15.9. The molecule has 12 heteroatoms. The first-order valence-corrected chi connectivity index (χ1v) is 13.5. The highest BCUT2D eigenvalue weighted by Gasteiger charge is 2.27. The third-order valence-electron chi connectivity index (χ3n) is 4.67. The monoisotopic (exact) mass is 601 g/mol. The van der Waals surface area contributed by atoms with E-state index in [1.807, 2.05) is 43.7 Å². The number of thiophene rings is 2. The molecule has 0 saturated carbocycles. The molecule has 3 aromatic heterocycles. The second kappa shape index (κ2) is 11.8. The van der Waals surface area contributed by atoms with Gasteiger partial charge in [-0.1, -0.05) is 24.2 Å². The summed E-state index contributed by atoms with van der Waals surface area (Å²) in [4.78, 5) is 29.8. The smallest absolute Gasteiger partial charge is 0.415 e. The summed E-state index contributed by atoms with van der Waals surface area (Å²) < 4.78 is 12.3. The van der Waals surface area contributed by atoms with E-state index < -0.39 is 17.7 Å². The zero-order valence-electron chi connectivity index (χ0n) is 19.5. The topological polar surface area (TPSA) is 94.8 Å². The third-order valence-corrected chi connectivity index (χ3v) is 7.62. The van der Waals surface area contributed by atoms with Gasteiger partial charge in [0.15, 0.2) is 0 Å². The number of carbonyl (C=O) groups is 1. The van der Waals surface area contributed by atoms with E-state index in [4.69, 9.17) is 21.1 Å². The Balaban J connectivity index is 0.000000287. The molecule has 4 rings (SSSR count). The lowest BCUT2D eigenvalue weighted by atomic mass is 10.1. The summed E-state index contributed by atoms with van der Waals surface area (Å²) in [5.41, 5.74) is 1.67. The van der Waals surface area contributed by atoms with Gasteiger partial charge in [0.05, 0.1) is 33.5 Å². The van der Waals surface area contributed by atoms with Gasteiger partial charge in [-0.25, -0.2) is 9.78 Å². The number of aromatic nitrogens is 1. The van der Waals surface area contributed by atoms with Gasteiger partial charge in [-0.3, -0.25) is 15.0 Å². The number of halogens is 2. The zero-order chi connectivity index (χ0) is 25.8. The minimum atomic E-state index is -0.587. The fourth-order valence-electron chi connectivity index (χ4n) is 3.18. The van der Waals surface area contributed by atoms with Crippen molar-refractivity contribution in [3.8, 4) is 0 Å². The highest BCUT2D eigenvalue weighted by atomic mass is 79.9. The molecule has 35 heavy (non-hydrogen) atoms. The van der Waals surface area contributed by atoms with E-state index in [0.717, 1.165) is 25.1 Å². The first-order chi connectivity index (χ1) is 16.4. The average Bonchev–Trinajstić information content (AvgIpc) is 3.41. The second-order valence-electron chi connectivity index (χ2n) is 8.78. The number of nitro groups is 1. The summed E-state index contributed by atoms with van der Waals surface area (Å²) in [7, 11) is 0. The van der Waals surface area contributed by atoms with Crippen molar-refractivity contribution < 1.29 is 19.2 Å². The lowest BCUT2D eigenvalue weighted by Crippen LogP contribution is -2.36. The van der Waals surface area contributed by atoms with Crippen LogP contribution in [0.4, 0.5) is 10.5 Å². The molecule has 3 aromatic rings. The maximum atomic E-state index is 12.9. The predicted octanol–water partition coefficient (Wildman–Crippen LogP) is 7.32. The van der Waals surface area contributed by atoms with Crippen LogP contribution in [0.2, 0.25) is 5.15 Å². The number of rotatable bonds is 4. The molecule has 0 spiro atoms. The van der Waals surface area contributed by atoms with Crippen LogP contribution in [0.1, 0.15) is 32.1 Å². The zero-order valence-corrected chi connectivity index (χ0v) is 23.4. The van der Waals surface area contributed by atoms with Crippen molar-refractivity contribution in [2.24, 2.45) is 0 Å². The average molecular weight is 603 g/mol. The molecule has 0 aromatic carbocycles. The van der Waals surface area contributed by atoms with E-state index in [2.05, 4.69) is 27.5 Å². The van der Waals surface area contributed by atoms with Crippen LogP contribution >= 0.6 is 50.2 Å². The molecule has 1 amide bonds. The van der Waals surface area contributed by atoms with Gasteiger partial charge in [-0.05, 0) is 53.7 Å². The van der Waals surface area contributed by atoms with Gasteiger partial charge in [0.25, 0.3) is 0 Å². The Morgan fingerprint density at radius 3 is 2.77 bits per heavy atom. The molecule has 8 nitrogen and oxygen atoms in total. The van der Waals surface area contributed by atoms with E-state index in [0.29, 0.717) is 30.4 Å². The highest BCUT2D eigenvalue weighted by molar-refractivity contribution is 9.10. The number of fused-ring (bicyclic) bond motifs is 1. The van der Waals surface area contributed by atoms with Gasteiger partial charge in [-0.15, -0.1) is 22.7 Å². The van der Waals surface area contributed by atoms with Crippen LogP contribution in [0.25, 0.3) is 10.2 Å². The van der Waals surface area contributed by atoms with Crippen LogP contribution in [-0.4, -0.2) is 40.9 Å². The number of pyridine rings is 1. The lowest BCUT2D eigenvalue weighted by Gasteiger charge is -2.27. The van der Waals surface area contributed by atoms with E-state index in [1.54, 1.807) is 22.3 Å². The van der Waals surface area contributed by atoms with Crippen molar-refractivity contribution in [1.29, 1.82) is 0 Å². The number of nitrogens with zero attached hydrogens (tertiary/aromatic N) is 3. The van der Waals surface area contributed by atoms with Crippen molar-refractivity contribution in [3.63, 3.8) is 0 Å². The summed E-state index contributed by atoms with van der Waals surface area (Å²) >= 11 is 12.8. The van der Waals surface area contributed by atoms with Crippen molar-refractivity contribution in [1.82, 2.24) is 4.98 Å². The summed E-state index contributed by atoms with van der Waals surface area (Å²) in [6.45, 7) is 10.3. The van der Waals surface area contributed by atoms with Gasteiger partial charge >= 0.3 is 6.09 Å². The minimum Gasteiger partial charge on any atom is -0.443 e. The molecular weight excluding hydrogens is 578 g/mol. The molecule has 0 aliphatic carbocycles. The van der Waals surface area contributed by atoms with Crippen LogP contribution in [0.3, 0.4) is 0 Å². The Morgan fingerprint density at radius 1 is 1.46 bits per heavy atom. The number of ether oxygens (including phenoxy) is 2. The van der Waals surface area contributed by atoms with Crippen molar-refractivity contribution in [2.45, 2.75) is 45.4 Å².